The van der Waals surface area contributed by atoms with Crippen LogP contribution in [0.25, 0.3) is 0 Å². The molecule has 0 heterocycles. The molecule has 1 N–H and O–H groups in total. The topological polar surface area (TPSA) is 29.5 Å². The zero-order valence-corrected chi connectivity index (χ0v) is 9.97. The van der Waals surface area contributed by atoms with Crippen molar-refractivity contribution < 1.29 is 23.0 Å². The van der Waals surface area contributed by atoms with Crippen LogP contribution in [0, 0.1) is 0 Å². The van der Waals surface area contributed by atoms with Crippen LogP contribution in [-0.2, 0) is 6.61 Å². The summed E-state index contributed by atoms with van der Waals surface area (Å²) in [6, 6.07) is 4.40. The molecule has 0 spiro atoms. The van der Waals surface area contributed by atoms with Crippen LogP contribution in [0.3, 0.4) is 0 Å². The van der Waals surface area contributed by atoms with Gasteiger partial charge in [0.15, 0.2) is 6.10 Å². The molecule has 0 aromatic heterocycles. The smallest absolute Gasteiger partial charge is 0.425 e. The van der Waals surface area contributed by atoms with Crippen molar-refractivity contribution in [1.82, 2.24) is 0 Å². The van der Waals surface area contributed by atoms with E-state index in [0.29, 0.717) is 10.0 Å². The van der Waals surface area contributed by atoms with Crippen molar-refractivity contribution in [2.75, 3.05) is 0 Å². The molecule has 16 heavy (non-hydrogen) atoms. The van der Waals surface area contributed by atoms with E-state index >= 15 is 0 Å². The van der Waals surface area contributed by atoms with Gasteiger partial charge in [0.05, 0.1) is 11.1 Å². The van der Waals surface area contributed by atoms with Gasteiger partial charge in [-0.2, -0.15) is 13.2 Å². The minimum atomic E-state index is -4.39. The van der Waals surface area contributed by atoms with Crippen molar-refractivity contribution in [2.24, 2.45) is 0 Å². The van der Waals surface area contributed by atoms with E-state index < -0.39 is 12.3 Å². The van der Waals surface area contributed by atoms with Gasteiger partial charge in [-0.3, -0.25) is 0 Å². The Morgan fingerprint density at radius 1 is 1.44 bits per heavy atom. The third kappa shape index (κ3) is 3.38. The summed E-state index contributed by atoms with van der Waals surface area (Å²) in [5, 5.41) is 8.82. The molecule has 0 aliphatic carbocycles. The standard InChI is InChI=1S/C10H10BrF3O2/c1-6(10(12,13)14)16-9-3-2-7(5-15)4-8(9)11/h2-4,6,15H,5H2,1H3/t6-/m0/s1. The van der Waals surface area contributed by atoms with Gasteiger partial charge in [-0.15, -0.1) is 0 Å². The molecular weight excluding hydrogens is 289 g/mol. The molecule has 0 aliphatic heterocycles. The first-order valence-corrected chi connectivity index (χ1v) is 5.26. The molecule has 0 radical (unpaired) electrons. The second-order valence-electron chi connectivity index (χ2n) is 3.22. The Balaban J connectivity index is 2.82. The van der Waals surface area contributed by atoms with E-state index in [2.05, 4.69) is 15.9 Å². The van der Waals surface area contributed by atoms with Crippen LogP contribution < -0.4 is 4.74 Å². The van der Waals surface area contributed by atoms with Crippen molar-refractivity contribution in [2.45, 2.75) is 25.8 Å². The molecular formula is C10H10BrF3O2. The number of aliphatic hydroxyl groups excluding tert-OH is 1. The maximum absolute atomic E-state index is 12.2. The quantitative estimate of drug-likeness (QED) is 0.928. The van der Waals surface area contributed by atoms with Crippen LogP contribution in [0.1, 0.15) is 12.5 Å². The molecule has 1 aromatic carbocycles. The molecule has 0 fully saturated rings. The number of benzene rings is 1. The summed E-state index contributed by atoms with van der Waals surface area (Å²) in [6.07, 6.45) is -6.27. The molecule has 0 unspecified atom stereocenters. The Morgan fingerprint density at radius 3 is 2.50 bits per heavy atom. The average molecular weight is 299 g/mol. The van der Waals surface area contributed by atoms with Gasteiger partial charge in [0.25, 0.3) is 0 Å². The minimum Gasteiger partial charge on any atom is -0.480 e. The second kappa shape index (κ2) is 5.05. The number of ether oxygens (including phenoxy) is 1. The Labute approximate surface area is 99.2 Å². The van der Waals surface area contributed by atoms with Gasteiger partial charge in [-0.25, -0.2) is 0 Å². The van der Waals surface area contributed by atoms with Gasteiger partial charge in [-0.1, -0.05) is 6.07 Å². The van der Waals surface area contributed by atoms with Gasteiger partial charge in [0.1, 0.15) is 5.75 Å². The van der Waals surface area contributed by atoms with E-state index in [1.807, 2.05) is 0 Å². The molecule has 0 amide bonds. The van der Waals surface area contributed by atoms with Crippen molar-refractivity contribution >= 4 is 15.9 Å². The van der Waals surface area contributed by atoms with Crippen LogP contribution >= 0.6 is 15.9 Å². The Kier molecular flexibility index (Phi) is 4.21. The number of aliphatic hydroxyl groups is 1. The highest BCUT2D eigenvalue weighted by atomic mass is 79.9. The predicted octanol–water partition coefficient (Wildman–Crippen LogP) is 3.27. The molecule has 0 saturated carbocycles. The van der Waals surface area contributed by atoms with Crippen LogP contribution in [0.2, 0.25) is 0 Å². The third-order valence-corrected chi connectivity index (χ3v) is 2.56. The van der Waals surface area contributed by atoms with E-state index in [1.54, 1.807) is 0 Å². The second-order valence-corrected chi connectivity index (χ2v) is 4.08. The van der Waals surface area contributed by atoms with E-state index in [4.69, 9.17) is 9.84 Å². The minimum absolute atomic E-state index is 0.0991. The van der Waals surface area contributed by atoms with E-state index in [1.165, 1.54) is 18.2 Å². The van der Waals surface area contributed by atoms with Crippen LogP contribution in [0.15, 0.2) is 22.7 Å². The molecule has 6 heteroatoms. The third-order valence-electron chi connectivity index (χ3n) is 1.94. The number of hydrogen-bond donors (Lipinski definition) is 1. The Hall–Kier alpha value is -0.750. The van der Waals surface area contributed by atoms with Crippen LogP contribution in [0.5, 0.6) is 5.75 Å². The van der Waals surface area contributed by atoms with Crippen LogP contribution in [-0.4, -0.2) is 17.4 Å². The first kappa shape index (κ1) is 13.3. The van der Waals surface area contributed by atoms with Crippen molar-refractivity contribution in [1.29, 1.82) is 0 Å². The zero-order chi connectivity index (χ0) is 12.3. The van der Waals surface area contributed by atoms with Crippen molar-refractivity contribution in [3.05, 3.63) is 28.2 Å². The summed E-state index contributed by atoms with van der Waals surface area (Å²) in [6.45, 7) is 0.764. The molecule has 0 saturated heterocycles. The summed E-state index contributed by atoms with van der Waals surface area (Å²) in [5.41, 5.74) is 0.596. The van der Waals surface area contributed by atoms with Crippen molar-refractivity contribution in [3.63, 3.8) is 0 Å². The van der Waals surface area contributed by atoms with Gasteiger partial charge < -0.3 is 9.84 Å². The molecule has 1 rings (SSSR count). The fourth-order valence-electron chi connectivity index (χ4n) is 0.996. The van der Waals surface area contributed by atoms with E-state index in [-0.39, 0.29) is 12.4 Å². The monoisotopic (exact) mass is 298 g/mol. The molecule has 2 nitrogen and oxygen atoms in total. The van der Waals surface area contributed by atoms with Gasteiger partial charge in [0.2, 0.25) is 0 Å². The zero-order valence-electron chi connectivity index (χ0n) is 8.38. The maximum atomic E-state index is 12.2. The van der Waals surface area contributed by atoms with Gasteiger partial charge in [-0.05, 0) is 40.5 Å². The molecule has 1 aromatic rings. The first-order valence-electron chi connectivity index (χ1n) is 4.47. The summed E-state index contributed by atoms with van der Waals surface area (Å²) < 4.78 is 41.8. The largest absolute Gasteiger partial charge is 0.480 e. The highest BCUT2D eigenvalue weighted by molar-refractivity contribution is 9.10. The number of halogens is 4. The maximum Gasteiger partial charge on any atom is 0.425 e. The van der Waals surface area contributed by atoms with Gasteiger partial charge in [0, 0.05) is 0 Å². The Morgan fingerprint density at radius 2 is 2.06 bits per heavy atom. The lowest BCUT2D eigenvalue weighted by atomic mass is 10.2. The van der Waals surface area contributed by atoms with Crippen LogP contribution in [0.4, 0.5) is 13.2 Å². The SMILES string of the molecule is C[C@H](Oc1ccc(CO)cc1Br)C(F)(F)F. The summed E-state index contributed by atoms with van der Waals surface area (Å²) in [4.78, 5) is 0. The summed E-state index contributed by atoms with van der Waals surface area (Å²) >= 11 is 3.08. The lowest BCUT2D eigenvalue weighted by Gasteiger charge is -2.18. The number of hydrogen-bond acceptors (Lipinski definition) is 2. The van der Waals surface area contributed by atoms with E-state index in [9.17, 15) is 13.2 Å². The lowest BCUT2D eigenvalue weighted by molar-refractivity contribution is -0.189. The lowest BCUT2D eigenvalue weighted by Crippen LogP contribution is -2.31. The van der Waals surface area contributed by atoms with Crippen molar-refractivity contribution in [3.8, 4) is 5.75 Å². The number of rotatable bonds is 3. The molecule has 90 valence electrons. The molecule has 0 bridgehead atoms. The first-order chi connectivity index (χ1) is 7.34. The average Bonchev–Trinajstić information content (AvgIpc) is 2.19. The molecule has 1 atom stereocenters. The molecule has 0 aliphatic rings. The fraction of sp³-hybridized carbons (Fsp3) is 0.400. The summed E-state index contributed by atoms with van der Waals surface area (Å²) in [7, 11) is 0. The summed E-state index contributed by atoms with van der Waals surface area (Å²) in [5.74, 6) is 0.0991. The predicted molar refractivity (Wildman–Crippen MR) is 56.2 cm³/mol. The normalized spacial score (nSPS) is 13.6. The van der Waals surface area contributed by atoms with Gasteiger partial charge >= 0.3 is 6.18 Å². The Bertz CT molecular complexity index is 366. The van der Waals surface area contributed by atoms with E-state index in [0.717, 1.165) is 6.92 Å². The highest BCUT2D eigenvalue weighted by Crippen LogP contribution is 2.30. The fourth-order valence-corrected chi connectivity index (χ4v) is 1.52. The number of alkyl halides is 3. The highest BCUT2D eigenvalue weighted by Gasteiger charge is 2.38.